The molecule has 2 amide bonds. The van der Waals surface area contributed by atoms with Crippen LogP contribution in [0.4, 0.5) is 18.9 Å². The minimum atomic E-state index is -4.41. The SMILES string of the molecule is CC(COCC(F)(F)F)NC(=O)CN1C(=O)COc2cc(Br)ccc21. The zero-order valence-electron chi connectivity index (χ0n) is 13.2. The highest BCUT2D eigenvalue weighted by Gasteiger charge is 2.29. The van der Waals surface area contributed by atoms with Gasteiger partial charge in [-0.25, -0.2) is 0 Å². The molecule has 0 bridgehead atoms. The topological polar surface area (TPSA) is 67.9 Å². The van der Waals surface area contributed by atoms with Crippen LogP contribution in [0.1, 0.15) is 6.92 Å². The van der Waals surface area contributed by atoms with Gasteiger partial charge in [-0.05, 0) is 25.1 Å². The first-order valence-corrected chi connectivity index (χ1v) is 8.11. The highest BCUT2D eigenvalue weighted by molar-refractivity contribution is 9.10. The summed E-state index contributed by atoms with van der Waals surface area (Å²) in [6.07, 6.45) is -4.41. The largest absolute Gasteiger partial charge is 0.482 e. The molecule has 0 saturated heterocycles. The van der Waals surface area contributed by atoms with Gasteiger partial charge in [-0.2, -0.15) is 13.2 Å². The highest BCUT2D eigenvalue weighted by atomic mass is 79.9. The third-order valence-corrected chi connectivity index (χ3v) is 3.70. The molecule has 0 aliphatic carbocycles. The summed E-state index contributed by atoms with van der Waals surface area (Å²) in [6.45, 7) is -0.606. The summed E-state index contributed by atoms with van der Waals surface area (Å²) in [5, 5.41) is 2.50. The maximum absolute atomic E-state index is 12.1. The molecule has 0 radical (unpaired) electrons. The lowest BCUT2D eigenvalue weighted by molar-refractivity contribution is -0.175. The van der Waals surface area contributed by atoms with E-state index in [2.05, 4.69) is 26.0 Å². The number of anilines is 1. The van der Waals surface area contributed by atoms with Gasteiger partial charge in [0.15, 0.2) is 6.61 Å². The normalized spacial score (nSPS) is 15.4. The Morgan fingerprint density at radius 3 is 2.88 bits per heavy atom. The Bertz CT molecular complexity index is 654. The lowest BCUT2D eigenvalue weighted by Crippen LogP contribution is -2.47. The number of fused-ring (bicyclic) bond motifs is 1. The Morgan fingerprint density at radius 1 is 1.48 bits per heavy atom. The summed E-state index contributed by atoms with van der Waals surface area (Å²) >= 11 is 3.29. The molecule has 0 spiro atoms. The number of alkyl halides is 3. The fraction of sp³-hybridized carbons (Fsp3) is 0.467. The van der Waals surface area contributed by atoms with Gasteiger partial charge in [-0.3, -0.25) is 14.5 Å². The molecule has 10 heteroatoms. The predicted octanol–water partition coefficient (Wildman–Crippen LogP) is 2.26. The number of carbonyl (C=O) groups excluding carboxylic acids is 2. The average molecular weight is 425 g/mol. The molecule has 0 saturated carbocycles. The van der Waals surface area contributed by atoms with Crippen LogP contribution in [0.2, 0.25) is 0 Å². The zero-order chi connectivity index (χ0) is 18.6. The quantitative estimate of drug-likeness (QED) is 0.760. The molecule has 1 N–H and O–H groups in total. The summed E-state index contributed by atoms with van der Waals surface area (Å²) in [6, 6.07) is 4.40. The fourth-order valence-corrected chi connectivity index (χ4v) is 2.55. The van der Waals surface area contributed by atoms with E-state index in [1.807, 2.05) is 0 Å². The van der Waals surface area contributed by atoms with Crippen molar-refractivity contribution in [2.24, 2.45) is 0 Å². The molecule has 2 rings (SSSR count). The van der Waals surface area contributed by atoms with Crippen LogP contribution in [0.25, 0.3) is 0 Å². The number of nitrogens with zero attached hydrogens (tertiary/aromatic N) is 1. The molecule has 1 aliphatic rings. The molecule has 1 aliphatic heterocycles. The van der Waals surface area contributed by atoms with Crippen LogP contribution in [0.3, 0.4) is 0 Å². The molecule has 0 aromatic heterocycles. The van der Waals surface area contributed by atoms with Gasteiger partial charge in [-0.15, -0.1) is 0 Å². The molecule has 1 heterocycles. The van der Waals surface area contributed by atoms with E-state index in [-0.39, 0.29) is 25.7 Å². The van der Waals surface area contributed by atoms with Gasteiger partial charge in [0.05, 0.1) is 12.3 Å². The van der Waals surface area contributed by atoms with Crippen LogP contribution in [0.15, 0.2) is 22.7 Å². The summed E-state index contributed by atoms with van der Waals surface area (Å²) in [4.78, 5) is 25.3. The number of amides is 2. The Hall–Kier alpha value is -1.81. The Balaban J connectivity index is 1.91. The Kier molecular flexibility index (Phi) is 6.28. The van der Waals surface area contributed by atoms with Gasteiger partial charge in [0.25, 0.3) is 5.91 Å². The van der Waals surface area contributed by atoms with Crippen molar-refractivity contribution in [2.75, 3.05) is 31.3 Å². The van der Waals surface area contributed by atoms with E-state index in [1.54, 1.807) is 18.2 Å². The molecule has 6 nitrogen and oxygen atoms in total. The minimum Gasteiger partial charge on any atom is -0.482 e. The van der Waals surface area contributed by atoms with Crippen LogP contribution in [-0.4, -0.2) is 50.4 Å². The molecule has 1 atom stereocenters. The highest BCUT2D eigenvalue weighted by Crippen LogP contribution is 2.34. The number of benzene rings is 1. The second kappa shape index (κ2) is 8.05. The minimum absolute atomic E-state index is 0.193. The van der Waals surface area contributed by atoms with Gasteiger partial charge in [0.2, 0.25) is 5.91 Å². The van der Waals surface area contributed by atoms with Gasteiger partial charge < -0.3 is 14.8 Å². The monoisotopic (exact) mass is 424 g/mol. The maximum Gasteiger partial charge on any atom is 0.411 e. The summed E-state index contributed by atoms with van der Waals surface area (Å²) in [5.74, 6) is -0.429. The van der Waals surface area contributed by atoms with Crippen LogP contribution in [-0.2, 0) is 14.3 Å². The van der Waals surface area contributed by atoms with Crippen molar-refractivity contribution in [1.29, 1.82) is 0 Å². The van der Waals surface area contributed by atoms with Crippen molar-refractivity contribution in [3.05, 3.63) is 22.7 Å². The first kappa shape index (κ1) is 19.5. The van der Waals surface area contributed by atoms with E-state index in [0.717, 1.165) is 4.47 Å². The van der Waals surface area contributed by atoms with E-state index in [4.69, 9.17) is 4.74 Å². The fourth-order valence-electron chi connectivity index (χ4n) is 2.21. The van der Waals surface area contributed by atoms with Gasteiger partial charge >= 0.3 is 6.18 Å². The van der Waals surface area contributed by atoms with Crippen LogP contribution in [0.5, 0.6) is 5.75 Å². The van der Waals surface area contributed by atoms with Gasteiger partial charge in [0.1, 0.15) is 18.9 Å². The number of halogens is 4. The number of hydrogen-bond acceptors (Lipinski definition) is 4. The lowest BCUT2D eigenvalue weighted by atomic mass is 10.2. The van der Waals surface area contributed by atoms with Crippen molar-refractivity contribution in [3.63, 3.8) is 0 Å². The smallest absolute Gasteiger partial charge is 0.411 e. The number of ether oxygens (including phenoxy) is 2. The number of hydrogen-bond donors (Lipinski definition) is 1. The first-order chi connectivity index (χ1) is 11.7. The number of rotatable bonds is 6. The van der Waals surface area contributed by atoms with Gasteiger partial charge in [0, 0.05) is 10.5 Å². The average Bonchev–Trinajstić information content (AvgIpc) is 2.48. The molecule has 1 unspecified atom stereocenters. The van der Waals surface area contributed by atoms with E-state index in [9.17, 15) is 22.8 Å². The summed E-state index contributed by atoms with van der Waals surface area (Å²) in [7, 11) is 0. The second-order valence-corrected chi connectivity index (χ2v) is 6.40. The summed E-state index contributed by atoms with van der Waals surface area (Å²) in [5.41, 5.74) is 0.454. The summed E-state index contributed by atoms with van der Waals surface area (Å²) < 4.78 is 46.6. The predicted molar refractivity (Wildman–Crippen MR) is 86.5 cm³/mol. The van der Waals surface area contributed by atoms with Crippen molar-refractivity contribution < 1.29 is 32.2 Å². The number of nitrogens with one attached hydrogen (secondary N) is 1. The molecule has 138 valence electrons. The van der Waals surface area contributed by atoms with Crippen LogP contribution >= 0.6 is 15.9 Å². The second-order valence-electron chi connectivity index (χ2n) is 5.48. The van der Waals surface area contributed by atoms with Gasteiger partial charge in [-0.1, -0.05) is 15.9 Å². The van der Waals surface area contributed by atoms with Crippen LogP contribution < -0.4 is 15.0 Å². The molecule has 0 fully saturated rings. The van der Waals surface area contributed by atoms with E-state index in [1.165, 1.54) is 11.8 Å². The van der Waals surface area contributed by atoms with Crippen molar-refractivity contribution in [3.8, 4) is 5.75 Å². The molecular formula is C15H16BrF3N2O4. The van der Waals surface area contributed by atoms with Crippen LogP contribution in [0, 0.1) is 0 Å². The maximum atomic E-state index is 12.1. The van der Waals surface area contributed by atoms with Crippen molar-refractivity contribution >= 4 is 33.4 Å². The zero-order valence-corrected chi connectivity index (χ0v) is 14.8. The molecule has 1 aromatic rings. The third-order valence-electron chi connectivity index (χ3n) is 3.21. The lowest BCUT2D eigenvalue weighted by Gasteiger charge is -2.29. The third kappa shape index (κ3) is 5.89. The molecule has 25 heavy (non-hydrogen) atoms. The van der Waals surface area contributed by atoms with E-state index in [0.29, 0.717) is 11.4 Å². The standard InChI is InChI=1S/C15H16BrF3N2O4/c1-9(6-24-8-15(17,18)19)20-13(22)5-21-11-3-2-10(16)4-12(11)25-7-14(21)23/h2-4,9H,5-8H2,1H3,(H,20,22). The van der Waals surface area contributed by atoms with E-state index >= 15 is 0 Å². The number of carbonyl (C=O) groups is 2. The Morgan fingerprint density at radius 2 is 2.20 bits per heavy atom. The van der Waals surface area contributed by atoms with Crippen molar-refractivity contribution in [2.45, 2.75) is 19.1 Å². The first-order valence-electron chi connectivity index (χ1n) is 7.32. The molecular weight excluding hydrogens is 409 g/mol. The molecule has 1 aromatic carbocycles. The van der Waals surface area contributed by atoms with Crippen molar-refractivity contribution in [1.82, 2.24) is 5.32 Å². The van der Waals surface area contributed by atoms with E-state index < -0.39 is 24.7 Å². The Labute approximate surface area is 150 Å².